The van der Waals surface area contributed by atoms with E-state index in [1.807, 2.05) is 66.7 Å². The van der Waals surface area contributed by atoms with Gasteiger partial charge < -0.3 is 4.74 Å². The third-order valence-electron chi connectivity index (χ3n) is 6.36. The number of rotatable bonds is 6. The smallest absolute Gasteiger partial charge is 0.330 e. The molecular weight excluding hydrogens is 458 g/mol. The summed E-state index contributed by atoms with van der Waals surface area (Å²) >= 11 is 0. The number of pyridine rings is 1. The van der Waals surface area contributed by atoms with Gasteiger partial charge >= 0.3 is 5.97 Å². The van der Waals surface area contributed by atoms with Gasteiger partial charge in [-0.25, -0.2) is 13.2 Å². The highest BCUT2D eigenvalue weighted by atomic mass is 32.2. The number of benzene rings is 3. The summed E-state index contributed by atoms with van der Waals surface area (Å²) in [4.78, 5) is 15.9. The molecular formula is C29H27NO4S. The normalized spacial score (nSPS) is 12.2. The highest BCUT2D eigenvalue weighted by Gasteiger charge is 2.33. The molecule has 0 aliphatic rings. The molecule has 0 N–H and O–H groups in total. The Morgan fingerprint density at radius 2 is 1.63 bits per heavy atom. The fourth-order valence-electron chi connectivity index (χ4n) is 3.86. The summed E-state index contributed by atoms with van der Waals surface area (Å²) in [5.74, 6) is -0.399. The van der Waals surface area contributed by atoms with Crippen molar-refractivity contribution in [2.24, 2.45) is 0 Å². The van der Waals surface area contributed by atoms with Crippen LogP contribution in [0.15, 0.2) is 85.1 Å². The number of sulfone groups is 1. The Balaban J connectivity index is 1.79. The summed E-state index contributed by atoms with van der Waals surface area (Å²) in [7, 11) is -2.00. The van der Waals surface area contributed by atoms with E-state index >= 15 is 0 Å². The van der Waals surface area contributed by atoms with Crippen molar-refractivity contribution >= 4 is 32.8 Å². The maximum Gasteiger partial charge on any atom is 0.330 e. The number of hydrogen-bond acceptors (Lipinski definition) is 5. The van der Waals surface area contributed by atoms with Gasteiger partial charge in [-0.1, -0.05) is 48.5 Å². The largest absolute Gasteiger partial charge is 0.466 e. The lowest BCUT2D eigenvalue weighted by atomic mass is 9.92. The first kappa shape index (κ1) is 24.4. The van der Waals surface area contributed by atoms with Gasteiger partial charge in [0.25, 0.3) is 0 Å². The van der Waals surface area contributed by atoms with Crippen molar-refractivity contribution in [3.63, 3.8) is 0 Å². The molecule has 178 valence electrons. The van der Waals surface area contributed by atoms with Crippen molar-refractivity contribution in [2.75, 3.05) is 13.4 Å². The standard InChI is InChI=1S/C29H27NO4S/c1-29(2,35(4,32)33)25-18-24-9-6-16-30-28(24)26(19-25)23-8-5-7-22(17-23)21-13-10-20(11-14-21)12-15-27(31)34-3/h5-19H,1-4H3. The first-order valence-electron chi connectivity index (χ1n) is 11.2. The molecule has 6 heteroatoms. The number of hydrogen-bond donors (Lipinski definition) is 0. The van der Waals surface area contributed by atoms with Crippen LogP contribution in [0.1, 0.15) is 25.0 Å². The quantitative estimate of drug-likeness (QED) is 0.246. The second kappa shape index (κ2) is 9.47. The van der Waals surface area contributed by atoms with E-state index in [0.717, 1.165) is 44.3 Å². The number of methoxy groups -OCH3 is 1. The third kappa shape index (κ3) is 5.03. The fraction of sp³-hybridized carbons (Fsp3) is 0.172. The van der Waals surface area contributed by atoms with Crippen LogP contribution in [0.5, 0.6) is 0 Å². The number of esters is 1. The Labute approximate surface area is 206 Å². The van der Waals surface area contributed by atoms with Crippen LogP contribution in [0, 0.1) is 0 Å². The van der Waals surface area contributed by atoms with E-state index in [-0.39, 0.29) is 0 Å². The van der Waals surface area contributed by atoms with Crippen LogP contribution in [0.2, 0.25) is 0 Å². The highest BCUT2D eigenvalue weighted by Crippen LogP contribution is 2.37. The van der Waals surface area contributed by atoms with Crippen LogP contribution in [0.4, 0.5) is 0 Å². The first-order chi connectivity index (χ1) is 16.6. The van der Waals surface area contributed by atoms with Crippen LogP contribution < -0.4 is 0 Å². The molecule has 0 aliphatic heterocycles. The minimum absolute atomic E-state index is 0.399. The molecule has 0 atom stereocenters. The third-order valence-corrected chi connectivity index (χ3v) is 8.45. The number of ether oxygens (including phenoxy) is 1. The Kier molecular flexibility index (Phi) is 6.59. The average molecular weight is 486 g/mol. The Morgan fingerprint density at radius 1 is 0.914 bits per heavy atom. The summed E-state index contributed by atoms with van der Waals surface area (Å²) in [5, 5.41) is 0.892. The molecule has 35 heavy (non-hydrogen) atoms. The number of fused-ring (bicyclic) bond motifs is 1. The zero-order valence-electron chi connectivity index (χ0n) is 20.1. The number of nitrogens with zero attached hydrogens (tertiary/aromatic N) is 1. The molecule has 4 rings (SSSR count). The molecule has 0 saturated heterocycles. The van der Waals surface area contributed by atoms with Crippen LogP contribution in [-0.4, -0.2) is 32.7 Å². The molecule has 5 nitrogen and oxygen atoms in total. The van der Waals surface area contributed by atoms with Crippen LogP contribution in [-0.2, 0) is 24.1 Å². The van der Waals surface area contributed by atoms with Crippen LogP contribution >= 0.6 is 0 Å². The first-order valence-corrected chi connectivity index (χ1v) is 13.0. The molecule has 0 fully saturated rings. The number of aromatic nitrogens is 1. The van der Waals surface area contributed by atoms with Gasteiger partial charge in [0, 0.05) is 29.5 Å². The topological polar surface area (TPSA) is 73.3 Å². The Bertz CT molecular complexity index is 1540. The maximum absolute atomic E-state index is 12.6. The summed E-state index contributed by atoms with van der Waals surface area (Å²) in [5.41, 5.74) is 6.31. The molecule has 0 bridgehead atoms. The monoisotopic (exact) mass is 485 g/mol. The summed E-state index contributed by atoms with van der Waals surface area (Å²) in [6, 6.07) is 23.6. The summed E-state index contributed by atoms with van der Waals surface area (Å²) in [6.07, 6.45) is 6.11. The van der Waals surface area contributed by atoms with Gasteiger partial charge in [0.15, 0.2) is 9.84 Å². The van der Waals surface area contributed by atoms with Crippen molar-refractivity contribution < 1.29 is 17.9 Å². The molecule has 1 aromatic heterocycles. The fourth-order valence-corrected chi connectivity index (χ4v) is 4.41. The van der Waals surface area contributed by atoms with Crippen LogP contribution in [0.3, 0.4) is 0 Å². The lowest BCUT2D eigenvalue weighted by Crippen LogP contribution is -2.28. The van der Waals surface area contributed by atoms with Crippen molar-refractivity contribution in [3.8, 4) is 22.3 Å². The SMILES string of the molecule is COC(=O)C=Cc1ccc(-c2cccc(-c3cc(C(C)(C)S(C)(=O)=O)cc4cccnc34)c2)cc1. The predicted octanol–water partition coefficient (Wildman–Crippen LogP) is 6.03. The number of carbonyl (C=O) groups excluding carboxylic acids is 1. The van der Waals surface area contributed by atoms with E-state index in [0.29, 0.717) is 0 Å². The lowest BCUT2D eigenvalue weighted by molar-refractivity contribution is -0.134. The van der Waals surface area contributed by atoms with E-state index in [1.165, 1.54) is 19.4 Å². The molecule has 0 amide bonds. The zero-order valence-corrected chi connectivity index (χ0v) is 21.0. The molecule has 0 saturated carbocycles. The second-order valence-corrected chi connectivity index (χ2v) is 11.5. The van der Waals surface area contributed by atoms with E-state index < -0.39 is 20.6 Å². The molecule has 4 aromatic rings. The molecule has 1 heterocycles. The minimum atomic E-state index is -3.35. The molecule has 0 radical (unpaired) electrons. The summed E-state index contributed by atoms with van der Waals surface area (Å²) in [6.45, 7) is 3.46. The van der Waals surface area contributed by atoms with Crippen molar-refractivity contribution in [1.29, 1.82) is 0 Å². The summed E-state index contributed by atoms with van der Waals surface area (Å²) < 4.78 is 28.7. The van der Waals surface area contributed by atoms with Gasteiger partial charge in [-0.15, -0.1) is 0 Å². The van der Waals surface area contributed by atoms with Crippen molar-refractivity contribution in [3.05, 3.63) is 96.2 Å². The maximum atomic E-state index is 12.6. The van der Waals surface area contributed by atoms with E-state index in [1.54, 1.807) is 26.1 Å². The van der Waals surface area contributed by atoms with Gasteiger partial charge in [0.1, 0.15) is 0 Å². The van der Waals surface area contributed by atoms with Gasteiger partial charge in [-0.05, 0) is 72.0 Å². The van der Waals surface area contributed by atoms with Gasteiger partial charge in [0.2, 0.25) is 0 Å². The van der Waals surface area contributed by atoms with Crippen LogP contribution in [0.25, 0.3) is 39.2 Å². The molecule has 3 aromatic carbocycles. The molecule has 0 aliphatic carbocycles. The lowest BCUT2D eigenvalue weighted by Gasteiger charge is -2.24. The number of carbonyl (C=O) groups is 1. The zero-order chi connectivity index (χ0) is 25.2. The van der Waals surface area contributed by atoms with Gasteiger partial charge in [0.05, 0.1) is 17.4 Å². The minimum Gasteiger partial charge on any atom is -0.466 e. The molecule has 0 unspecified atom stereocenters. The van der Waals surface area contributed by atoms with Crippen molar-refractivity contribution in [2.45, 2.75) is 18.6 Å². The second-order valence-electron chi connectivity index (χ2n) is 8.94. The van der Waals surface area contributed by atoms with E-state index in [2.05, 4.69) is 15.8 Å². The van der Waals surface area contributed by atoms with Gasteiger partial charge in [-0.3, -0.25) is 4.98 Å². The molecule has 0 spiro atoms. The predicted molar refractivity (Wildman–Crippen MR) is 142 cm³/mol. The Hall–Kier alpha value is -3.77. The van der Waals surface area contributed by atoms with Gasteiger partial charge in [-0.2, -0.15) is 0 Å². The highest BCUT2D eigenvalue weighted by molar-refractivity contribution is 7.91. The van der Waals surface area contributed by atoms with E-state index in [9.17, 15) is 13.2 Å². The van der Waals surface area contributed by atoms with E-state index in [4.69, 9.17) is 0 Å². The van der Waals surface area contributed by atoms with Crippen molar-refractivity contribution in [1.82, 2.24) is 4.98 Å². The Morgan fingerprint density at radius 3 is 2.31 bits per heavy atom. The average Bonchev–Trinajstić information content (AvgIpc) is 2.86.